The lowest BCUT2D eigenvalue weighted by molar-refractivity contribution is 0.0509. The molecule has 1 aromatic rings. The molecule has 0 saturated heterocycles. The molecule has 0 aliphatic carbocycles. The third kappa shape index (κ3) is 3.63. The minimum Gasteiger partial charge on any atom is -0.496 e. The summed E-state index contributed by atoms with van der Waals surface area (Å²) in [5.74, 6) is 1.12. The van der Waals surface area contributed by atoms with E-state index in [2.05, 4.69) is 0 Å². The monoisotopic (exact) mass is 281 g/mol. The fourth-order valence-corrected chi connectivity index (χ4v) is 2.04. The molecule has 0 heterocycles. The standard InChI is InChI=1S/C15H23NO4/c1-6-16(7-2)15(17)14-11(3)8-12(20-10-18-4)9-13(14)19-5/h8-9H,6-7,10H2,1-5H3. The molecule has 1 rings (SSSR count). The molecule has 0 spiro atoms. The lowest BCUT2D eigenvalue weighted by Gasteiger charge is -2.22. The topological polar surface area (TPSA) is 48.0 Å². The second-order valence-electron chi connectivity index (χ2n) is 4.35. The third-order valence-electron chi connectivity index (χ3n) is 3.10. The van der Waals surface area contributed by atoms with Gasteiger partial charge in [-0.15, -0.1) is 0 Å². The van der Waals surface area contributed by atoms with Gasteiger partial charge in [-0.3, -0.25) is 4.79 Å². The lowest BCUT2D eigenvalue weighted by Crippen LogP contribution is -2.31. The molecular formula is C15H23NO4. The van der Waals surface area contributed by atoms with Crippen molar-refractivity contribution in [2.75, 3.05) is 34.1 Å². The summed E-state index contributed by atoms with van der Waals surface area (Å²) >= 11 is 0. The van der Waals surface area contributed by atoms with E-state index in [1.165, 1.54) is 0 Å². The first-order valence-electron chi connectivity index (χ1n) is 6.68. The second kappa shape index (κ2) is 7.75. The summed E-state index contributed by atoms with van der Waals surface area (Å²) in [7, 11) is 3.11. The first kappa shape index (κ1) is 16.3. The highest BCUT2D eigenvalue weighted by molar-refractivity contribution is 5.98. The maximum atomic E-state index is 12.5. The normalized spacial score (nSPS) is 10.2. The minimum atomic E-state index is -0.0253. The zero-order valence-corrected chi connectivity index (χ0v) is 12.9. The van der Waals surface area contributed by atoms with E-state index in [0.29, 0.717) is 30.2 Å². The van der Waals surface area contributed by atoms with Crippen LogP contribution in [0.3, 0.4) is 0 Å². The molecule has 5 nitrogen and oxygen atoms in total. The number of hydrogen-bond acceptors (Lipinski definition) is 4. The Bertz CT molecular complexity index is 455. The van der Waals surface area contributed by atoms with Gasteiger partial charge in [-0.25, -0.2) is 0 Å². The molecule has 0 fully saturated rings. The van der Waals surface area contributed by atoms with Gasteiger partial charge in [0.05, 0.1) is 12.7 Å². The van der Waals surface area contributed by atoms with Gasteiger partial charge in [-0.2, -0.15) is 0 Å². The lowest BCUT2D eigenvalue weighted by atomic mass is 10.1. The maximum Gasteiger partial charge on any atom is 0.257 e. The van der Waals surface area contributed by atoms with Crippen molar-refractivity contribution in [3.8, 4) is 11.5 Å². The molecule has 20 heavy (non-hydrogen) atoms. The van der Waals surface area contributed by atoms with Crippen LogP contribution in [-0.4, -0.2) is 44.9 Å². The molecule has 0 saturated carbocycles. The zero-order chi connectivity index (χ0) is 15.1. The molecule has 0 N–H and O–H groups in total. The summed E-state index contributed by atoms with van der Waals surface area (Å²) in [5.41, 5.74) is 1.41. The number of amides is 1. The zero-order valence-electron chi connectivity index (χ0n) is 12.9. The molecule has 0 aromatic heterocycles. The van der Waals surface area contributed by atoms with E-state index in [-0.39, 0.29) is 12.7 Å². The van der Waals surface area contributed by atoms with Crippen LogP contribution in [0.15, 0.2) is 12.1 Å². The van der Waals surface area contributed by atoms with Crippen molar-refractivity contribution in [2.24, 2.45) is 0 Å². The van der Waals surface area contributed by atoms with Gasteiger partial charge in [0.2, 0.25) is 0 Å². The Morgan fingerprint density at radius 1 is 1.20 bits per heavy atom. The van der Waals surface area contributed by atoms with Gasteiger partial charge >= 0.3 is 0 Å². The van der Waals surface area contributed by atoms with Crippen molar-refractivity contribution in [3.05, 3.63) is 23.3 Å². The number of benzene rings is 1. The van der Waals surface area contributed by atoms with Gasteiger partial charge in [-0.1, -0.05) is 0 Å². The van der Waals surface area contributed by atoms with Crippen LogP contribution in [0, 0.1) is 6.92 Å². The molecule has 0 bridgehead atoms. The summed E-state index contributed by atoms with van der Waals surface area (Å²) in [4.78, 5) is 14.3. The number of hydrogen-bond donors (Lipinski definition) is 0. The van der Waals surface area contributed by atoms with E-state index in [1.807, 2.05) is 26.8 Å². The van der Waals surface area contributed by atoms with Gasteiger partial charge in [0.1, 0.15) is 11.5 Å². The van der Waals surface area contributed by atoms with Crippen molar-refractivity contribution < 1.29 is 19.0 Å². The van der Waals surface area contributed by atoms with Crippen LogP contribution in [0.5, 0.6) is 11.5 Å². The first-order chi connectivity index (χ1) is 9.58. The largest absolute Gasteiger partial charge is 0.496 e. The molecule has 0 unspecified atom stereocenters. The Hall–Kier alpha value is -1.75. The molecule has 1 amide bonds. The van der Waals surface area contributed by atoms with Crippen LogP contribution in [0.2, 0.25) is 0 Å². The SMILES string of the molecule is CCN(CC)C(=O)c1c(C)cc(OCOC)cc1OC. The summed E-state index contributed by atoms with van der Waals surface area (Å²) < 4.78 is 15.6. The fourth-order valence-electron chi connectivity index (χ4n) is 2.04. The highest BCUT2D eigenvalue weighted by Gasteiger charge is 2.21. The first-order valence-corrected chi connectivity index (χ1v) is 6.68. The number of methoxy groups -OCH3 is 2. The molecule has 0 aliphatic heterocycles. The highest BCUT2D eigenvalue weighted by Crippen LogP contribution is 2.29. The van der Waals surface area contributed by atoms with Crippen LogP contribution in [0.25, 0.3) is 0 Å². The van der Waals surface area contributed by atoms with Gasteiger partial charge in [-0.05, 0) is 32.4 Å². The average Bonchev–Trinajstić information content (AvgIpc) is 2.45. The van der Waals surface area contributed by atoms with Crippen LogP contribution in [0.1, 0.15) is 29.8 Å². The van der Waals surface area contributed by atoms with Crippen molar-refractivity contribution in [2.45, 2.75) is 20.8 Å². The van der Waals surface area contributed by atoms with Crippen LogP contribution >= 0.6 is 0 Å². The smallest absolute Gasteiger partial charge is 0.257 e. The molecule has 112 valence electrons. The van der Waals surface area contributed by atoms with E-state index in [0.717, 1.165) is 5.56 Å². The molecule has 5 heteroatoms. The molecule has 0 aliphatic rings. The van der Waals surface area contributed by atoms with E-state index in [4.69, 9.17) is 14.2 Å². The molecular weight excluding hydrogens is 258 g/mol. The van der Waals surface area contributed by atoms with Gasteiger partial charge in [0.15, 0.2) is 6.79 Å². The Kier molecular flexibility index (Phi) is 6.31. The quantitative estimate of drug-likeness (QED) is 0.720. The van der Waals surface area contributed by atoms with Crippen molar-refractivity contribution in [1.29, 1.82) is 0 Å². The van der Waals surface area contributed by atoms with E-state index in [9.17, 15) is 4.79 Å². The minimum absolute atomic E-state index is 0.0253. The Labute approximate surface area is 120 Å². The number of rotatable bonds is 7. The van der Waals surface area contributed by atoms with Gasteiger partial charge in [0.25, 0.3) is 5.91 Å². The van der Waals surface area contributed by atoms with Crippen molar-refractivity contribution >= 4 is 5.91 Å². The van der Waals surface area contributed by atoms with Crippen LogP contribution in [-0.2, 0) is 4.74 Å². The van der Waals surface area contributed by atoms with Crippen molar-refractivity contribution in [3.63, 3.8) is 0 Å². The summed E-state index contributed by atoms with van der Waals surface area (Å²) in [6, 6.07) is 3.53. The molecule has 1 aromatic carbocycles. The average molecular weight is 281 g/mol. The second-order valence-corrected chi connectivity index (χ2v) is 4.35. The van der Waals surface area contributed by atoms with E-state index < -0.39 is 0 Å². The number of ether oxygens (including phenoxy) is 3. The number of carbonyl (C=O) groups excluding carboxylic acids is 1. The Morgan fingerprint density at radius 3 is 2.35 bits per heavy atom. The Morgan fingerprint density at radius 2 is 1.85 bits per heavy atom. The fraction of sp³-hybridized carbons (Fsp3) is 0.533. The van der Waals surface area contributed by atoms with Crippen molar-refractivity contribution in [1.82, 2.24) is 4.90 Å². The summed E-state index contributed by atoms with van der Waals surface area (Å²) in [6.45, 7) is 7.28. The third-order valence-corrected chi connectivity index (χ3v) is 3.10. The van der Waals surface area contributed by atoms with Gasteiger partial charge < -0.3 is 19.1 Å². The predicted molar refractivity (Wildman–Crippen MR) is 77.5 cm³/mol. The van der Waals surface area contributed by atoms with Crippen LogP contribution in [0.4, 0.5) is 0 Å². The number of aryl methyl sites for hydroxylation is 1. The van der Waals surface area contributed by atoms with Gasteiger partial charge in [0, 0.05) is 26.3 Å². The predicted octanol–water partition coefficient (Wildman–Crippen LogP) is 2.47. The number of nitrogens with zero attached hydrogens (tertiary/aromatic N) is 1. The maximum absolute atomic E-state index is 12.5. The summed E-state index contributed by atoms with van der Waals surface area (Å²) in [6.07, 6.45) is 0. The van der Waals surface area contributed by atoms with Crippen LogP contribution < -0.4 is 9.47 Å². The van der Waals surface area contributed by atoms with E-state index in [1.54, 1.807) is 25.2 Å². The summed E-state index contributed by atoms with van der Waals surface area (Å²) in [5, 5.41) is 0. The Balaban J connectivity index is 3.16. The highest BCUT2D eigenvalue weighted by atomic mass is 16.7. The molecule has 0 radical (unpaired) electrons. The van der Waals surface area contributed by atoms with E-state index >= 15 is 0 Å². The number of carbonyl (C=O) groups is 1. The molecule has 0 atom stereocenters.